The van der Waals surface area contributed by atoms with Crippen LogP contribution in [0.25, 0.3) is 0 Å². The van der Waals surface area contributed by atoms with Crippen LogP contribution in [0.4, 0.5) is 11.4 Å². The van der Waals surface area contributed by atoms with Crippen LogP contribution in [0, 0.1) is 0 Å². The second-order valence-corrected chi connectivity index (χ2v) is 7.87. The van der Waals surface area contributed by atoms with Crippen LogP contribution in [0.3, 0.4) is 0 Å². The number of nitrogens with two attached hydrogens (primary N) is 1. The first-order valence-corrected chi connectivity index (χ1v) is 8.58. The van der Waals surface area contributed by atoms with Gasteiger partial charge in [0.25, 0.3) is 5.91 Å². The summed E-state index contributed by atoms with van der Waals surface area (Å²) in [5, 5.41) is 0. The molecule has 0 radical (unpaired) electrons. The van der Waals surface area contributed by atoms with E-state index in [-0.39, 0.29) is 23.5 Å². The van der Waals surface area contributed by atoms with E-state index in [1.807, 2.05) is 11.9 Å². The topological polar surface area (TPSA) is 83.7 Å². The Morgan fingerprint density at radius 2 is 1.95 bits per heavy atom. The summed E-state index contributed by atoms with van der Waals surface area (Å²) in [6, 6.07) is 5.00. The second kappa shape index (κ2) is 5.55. The summed E-state index contributed by atoms with van der Waals surface area (Å²) >= 11 is 0. The van der Waals surface area contributed by atoms with E-state index in [0.29, 0.717) is 23.4 Å². The summed E-state index contributed by atoms with van der Waals surface area (Å²) in [6.45, 7) is 0. The van der Waals surface area contributed by atoms with Gasteiger partial charge in [-0.05, 0) is 24.6 Å². The first-order valence-electron chi connectivity index (χ1n) is 6.76. The Labute approximate surface area is 125 Å². The van der Waals surface area contributed by atoms with Crippen molar-refractivity contribution in [3.8, 4) is 0 Å². The first-order chi connectivity index (χ1) is 9.71. The van der Waals surface area contributed by atoms with Gasteiger partial charge in [0.2, 0.25) is 0 Å². The maximum atomic E-state index is 12.0. The van der Waals surface area contributed by atoms with E-state index in [2.05, 4.69) is 0 Å². The van der Waals surface area contributed by atoms with E-state index < -0.39 is 9.84 Å². The SMILES string of the molecule is CN(C)C(=O)c1ccc(N)c(N(C)C2CCS(=O)(=O)C2)c1. The Bertz CT molecular complexity index is 655. The molecule has 1 aliphatic heterocycles. The van der Waals surface area contributed by atoms with Crippen molar-refractivity contribution in [2.24, 2.45) is 0 Å². The first kappa shape index (κ1) is 15.6. The lowest BCUT2D eigenvalue weighted by Crippen LogP contribution is -2.33. The third-order valence-electron chi connectivity index (χ3n) is 3.82. The maximum absolute atomic E-state index is 12.0. The molecular weight excluding hydrogens is 290 g/mol. The minimum Gasteiger partial charge on any atom is -0.397 e. The van der Waals surface area contributed by atoms with Gasteiger partial charge in [-0.15, -0.1) is 0 Å². The number of rotatable bonds is 3. The molecule has 1 unspecified atom stereocenters. The minimum atomic E-state index is -2.96. The van der Waals surface area contributed by atoms with E-state index >= 15 is 0 Å². The van der Waals surface area contributed by atoms with Gasteiger partial charge in [-0.25, -0.2) is 8.42 Å². The van der Waals surface area contributed by atoms with Gasteiger partial charge in [0.05, 0.1) is 22.9 Å². The average Bonchev–Trinajstić information content (AvgIpc) is 2.78. The summed E-state index contributed by atoms with van der Waals surface area (Å²) in [5.74, 6) is 0.233. The normalized spacial score (nSPS) is 20.2. The van der Waals surface area contributed by atoms with Gasteiger partial charge in [0.15, 0.2) is 9.84 Å². The van der Waals surface area contributed by atoms with Crippen molar-refractivity contribution < 1.29 is 13.2 Å². The Morgan fingerprint density at radius 1 is 1.29 bits per heavy atom. The highest BCUT2D eigenvalue weighted by atomic mass is 32.2. The van der Waals surface area contributed by atoms with Crippen molar-refractivity contribution in [2.45, 2.75) is 12.5 Å². The van der Waals surface area contributed by atoms with Crippen molar-refractivity contribution in [3.63, 3.8) is 0 Å². The van der Waals surface area contributed by atoms with Gasteiger partial charge < -0.3 is 15.5 Å². The quantitative estimate of drug-likeness (QED) is 0.826. The predicted molar refractivity (Wildman–Crippen MR) is 84.3 cm³/mol. The van der Waals surface area contributed by atoms with Crippen molar-refractivity contribution >= 4 is 27.1 Å². The van der Waals surface area contributed by atoms with Crippen molar-refractivity contribution in [1.29, 1.82) is 0 Å². The molecule has 1 saturated heterocycles. The molecule has 0 aliphatic carbocycles. The van der Waals surface area contributed by atoms with Crippen LogP contribution in [0.1, 0.15) is 16.8 Å². The summed E-state index contributed by atoms with van der Waals surface area (Å²) in [6.07, 6.45) is 0.587. The number of nitrogen functional groups attached to an aromatic ring is 1. The molecule has 0 saturated carbocycles. The van der Waals surface area contributed by atoms with Crippen LogP contribution in [0.2, 0.25) is 0 Å². The third-order valence-corrected chi connectivity index (χ3v) is 5.57. The van der Waals surface area contributed by atoms with Crippen LogP contribution in [0.15, 0.2) is 18.2 Å². The number of anilines is 2. The minimum absolute atomic E-state index is 0.0954. The Hall–Kier alpha value is -1.76. The molecule has 7 heteroatoms. The number of nitrogens with zero attached hydrogens (tertiary/aromatic N) is 2. The van der Waals surface area contributed by atoms with Gasteiger partial charge in [0.1, 0.15) is 0 Å². The lowest BCUT2D eigenvalue weighted by molar-refractivity contribution is 0.0827. The summed E-state index contributed by atoms with van der Waals surface area (Å²) < 4.78 is 23.2. The van der Waals surface area contributed by atoms with E-state index in [9.17, 15) is 13.2 Å². The molecule has 1 aromatic rings. The zero-order valence-electron chi connectivity index (χ0n) is 12.5. The molecule has 0 aromatic heterocycles. The van der Waals surface area contributed by atoms with Crippen LogP contribution in [-0.4, -0.2) is 57.9 Å². The third kappa shape index (κ3) is 3.29. The molecular formula is C14H21N3O3S. The van der Waals surface area contributed by atoms with Crippen LogP contribution in [-0.2, 0) is 9.84 Å². The summed E-state index contributed by atoms with van der Waals surface area (Å²) in [7, 11) is 2.23. The van der Waals surface area contributed by atoms with E-state index in [1.165, 1.54) is 4.90 Å². The molecule has 1 aliphatic rings. The van der Waals surface area contributed by atoms with Crippen LogP contribution >= 0.6 is 0 Å². The van der Waals surface area contributed by atoms with Crippen LogP contribution < -0.4 is 10.6 Å². The van der Waals surface area contributed by atoms with Gasteiger partial charge in [-0.1, -0.05) is 0 Å². The highest BCUT2D eigenvalue weighted by Gasteiger charge is 2.31. The maximum Gasteiger partial charge on any atom is 0.253 e. The molecule has 116 valence electrons. The summed E-state index contributed by atoms with van der Waals surface area (Å²) in [5.41, 5.74) is 7.76. The smallest absolute Gasteiger partial charge is 0.253 e. The number of carbonyl (C=O) groups is 1. The molecule has 1 amide bonds. The monoisotopic (exact) mass is 311 g/mol. The fraction of sp³-hybridized carbons (Fsp3) is 0.500. The largest absolute Gasteiger partial charge is 0.397 e. The van der Waals surface area contributed by atoms with E-state index in [0.717, 1.165) is 0 Å². The zero-order valence-corrected chi connectivity index (χ0v) is 13.4. The molecule has 6 nitrogen and oxygen atoms in total. The van der Waals surface area contributed by atoms with Gasteiger partial charge in [-0.2, -0.15) is 0 Å². The van der Waals surface area contributed by atoms with E-state index in [1.54, 1.807) is 32.3 Å². The van der Waals surface area contributed by atoms with Crippen molar-refractivity contribution in [2.75, 3.05) is 43.3 Å². The fourth-order valence-corrected chi connectivity index (χ4v) is 4.29. The molecule has 1 heterocycles. The highest BCUT2D eigenvalue weighted by Crippen LogP contribution is 2.29. The Kier molecular flexibility index (Phi) is 4.13. The van der Waals surface area contributed by atoms with Crippen LogP contribution in [0.5, 0.6) is 0 Å². The lowest BCUT2D eigenvalue weighted by atomic mass is 10.1. The molecule has 0 spiro atoms. The standard InChI is InChI=1S/C14H21N3O3S/c1-16(2)14(18)10-4-5-12(15)13(8-10)17(3)11-6-7-21(19,20)9-11/h4-5,8,11H,6-7,9,15H2,1-3H3. The number of hydrogen-bond acceptors (Lipinski definition) is 5. The van der Waals surface area contributed by atoms with Crippen molar-refractivity contribution in [1.82, 2.24) is 4.90 Å². The number of benzene rings is 1. The molecule has 2 N–H and O–H groups in total. The highest BCUT2D eigenvalue weighted by molar-refractivity contribution is 7.91. The Morgan fingerprint density at radius 3 is 2.48 bits per heavy atom. The van der Waals surface area contributed by atoms with E-state index in [4.69, 9.17) is 5.73 Å². The molecule has 1 fully saturated rings. The zero-order chi connectivity index (χ0) is 15.8. The number of carbonyl (C=O) groups excluding carboxylic acids is 1. The van der Waals surface area contributed by atoms with Gasteiger partial charge >= 0.3 is 0 Å². The molecule has 1 aromatic carbocycles. The van der Waals surface area contributed by atoms with Gasteiger partial charge in [-0.3, -0.25) is 4.79 Å². The molecule has 2 rings (SSSR count). The van der Waals surface area contributed by atoms with Gasteiger partial charge in [0, 0.05) is 32.7 Å². The number of hydrogen-bond donors (Lipinski definition) is 1. The second-order valence-electron chi connectivity index (χ2n) is 5.64. The molecule has 1 atom stereocenters. The predicted octanol–water partition coefficient (Wildman–Crippen LogP) is 0.594. The van der Waals surface area contributed by atoms with Crippen molar-refractivity contribution in [3.05, 3.63) is 23.8 Å². The number of amides is 1. The Balaban J connectivity index is 2.30. The molecule has 21 heavy (non-hydrogen) atoms. The average molecular weight is 311 g/mol. The lowest BCUT2D eigenvalue weighted by Gasteiger charge is -2.27. The fourth-order valence-electron chi connectivity index (χ4n) is 2.52. The number of sulfone groups is 1. The molecule has 0 bridgehead atoms. The summed E-state index contributed by atoms with van der Waals surface area (Å²) in [4.78, 5) is 15.4.